The molecule has 0 unspecified atom stereocenters. The highest BCUT2D eigenvalue weighted by atomic mass is 79.9. The van der Waals surface area contributed by atoms with Crippen LogP contribution in [0.15, 0.2) is 57.9 Å². The molecule has 0 saturated heterocycles. The smallest absolute Gasteiger partial charge is 0.240 e. The third-order valence-electron chi connectivity index (χ3n) is 4.14. The number of aryl methyl sites for hydroxylation is 1. The van der Waals surface area contributed by atoms with Gasteiger partial charge in [-0.3, -0.25) is 4.79 Å². The van der Waals surface area contributed by atoms with E-state index in [0.29, 0.717) is 19.4 Å². The van der Waals surface area contributed by atoms with Crippen molar-refractivity contribution in [3.63, 3.8) is 0 Å². The first kappa shape index (κ1) is 21.6. The second-order valence-electron chi connectivity index (χ2n) is 6.39. The zero-order valence-corrected chi connectivity index (χ0v) is 17.9. The van der Waals surface area contributed by atoms with E-state index in [1.807, 2.05) is 38.1 Å². The molecule has 2 aromatic rings. The van der Waals surface area contributed by atoms with Crippen molar-refractivity contribution < 1.29 is 13.2 Å². The molecule has 0 saturated carbocycles. The van der Waals surface area contributed by atoms with Crippen LogP contribution in [0.3, 0.4) is 0 Å². The van der Waals surface area contributed by atoms with E-state index in [2.05, 4.69) is 26.0 Å². The summed E-state index contributed by atoms with van der Waals surface area (Å²) in [5, 5.41) is 2.99. The molecule has 0 fully saturated rings. The molecule has 0 bridgehead atoms. The normalized spacial score (nSPS) is 12.6. The van der Waals surface area contributed by atoms with E-state index >= 15 is 0 Å². The third-order valence-corrected chi connectivity index (χ3v) is 6.11. The van der Waals surface area contributed by atoms with Crippen LogP contribution in [0, 0.1) is 0 Å². The molecule has 0 spiro atoms. The Hall–Kier alpha value is -1.70. The average Bonchev–Trinajstić information content (AvgIpc) is 2.65. The summed E-state index contributed by atoms with van der Waals surface area (Å²) in [7, 11) is -3.45. The van der Waals surface area contributed by atoms with Crippen molar-refractivity contribution >= 4 is 31.9 Å². The lowest BCUT2D eigenvalue weighted by atomic mass is 10.1. The SMILES string of the molecule is CCCNS(=O)(=O)c1ccc(CCC(=O)N[C@@H](C)c2cccc(Br)c2)cc1. The Labute approximate surface area is 169 Å². The molecule has 2 aromatic carbocycles. The van der Waals surface area contributed by atoms with Crippen molar-refractivity contribution in [2.24, 2.45) is 0 Å². The topological polar surface area (TPSA) is 75.3 Å². The summed E-state index contributed by atoms with van der Waals surface area (Å²) in [4.78, 5) is 12.4. The Morgan fingerprint density at radius 1 is 1.15 bits per heavy atom. The van der Waals surface area contributed by atoms with Crippen LogP contribution >= 0.6 is 15.9 Å². The summed E-state index contributed by atoms with van der Waals surface area (Å²) < 4.78 is 27.7. The van der Waals surface area contributed by atoms with E-state index in [0.717, 1.165) is 22.0 Å². The molecule has 0 aromatic heterocycles. The zero-order valence-electron chi connectivity index (χ0n) is 15.5. The maximum atomic E-state index is 12.2. The number of carbonyl (C=O) groups is 1. The van der Waals surface area contributed by atoms with Crippen LogP contribution in [0.1, 0.15) is 43.9 Å². The van der Waals surface area contributed by atoms with Crippen molar-refractivity contribution in [2.75, 3.05) is 6.54 Å². The number of halogens is 1. The minimum atomic E-state index is -3.45. The Kier molecular flexibility index (Phi) is 8.01. The van der Waals surface area contributed by atoms with Crippen LogP contribution in [0.5, 0.6) is 0 Å². The van der Waals surface area contributed by atoms with Gasteiger partial charge >= 0.3 is 0 Å². The molecule has 27 heavy (non-hydrogen) atoms. The van der Waals surface area contributed by atoms with Crippen LogP contribution in [0.25, 0.3) is 0 Å². The molecular weight excluding hydrogens is 428 g/mol. The molecule has 1 atom stereocenters. The predicted octanol–water partition coefficient (Wildman–Crippen LogP) is 3.95. The highest BCUT2D eigenvalue weighted by Crippen LogP contribution is 2.18. The van der Waals surface area contributed by atoms with E-state index in [-0.39, 0.29) is 16.8 Å². The van der Waals surface area contributed by atoms with Gasteiger partial charge in [-0.05, 0) is 55.2 Å². The number of nitrogens with one attached hydrogen (secondary N) is 2. The molecular formula is C20H25BrN2O3S. The average molecular weight is 453 g/mol. The Bertz CT molecular complexity index is 867. The van der Waals surface area contributed by atoms with E-state index in [1.165, 1.54) is 0 Å². The van der Waals surface area contributed by atoms with Gasteiger partial charge < -0.3 is 5.32 Å². The van der Waals surface area contributed by atoms with Crippen molar-refractivity contribution in [1.82, 2.24) is 10.0 Å². The van der Waals surface area contributed by atoms with Crippen LogP contribution in [-0.4, -0.2) is 20.9 Å². The Balaban J connectivity index is 1.88. The standard InChI is InChI=1S/C20H25BrN2O3S/c1-3-13-22-27(25,26)19-10-7-16(8-11-19)9-12-20(24)23-15(2)17-5-4-6-18(21)14-17/h4-8,10-11,14-15,22H,3,9,12-13H2,1-2H3,(H,23,24)/t15-/m0/s1. The number of benzene rings is 2. The molecule has 146 valence electrons. The van der Waals surface area contributed by atoms with Crippen molar-refractivity contribution in [3.8, 4) is 0 Å². The van der Waals surface area contributed by atoms with Gasteiger partial charge in [0.25, 0.3) is 0 Å². The lowest BCUT2D eigenvalue weighted by molar-refractivity contribution is -0.121. The van der Waals surface area contributed by atoms with Gasteiger partial charge in [-0.15, -0.1) is 0 Å². The highest BCUT2D eigenvalue weighted by molar-refractivity contribution is 9.10. The van der Waals surface area contributed by atoms with Crippen LogP contribution in [0.2, 0.25) is 0 Å². The van der Waals surface area contributed by atoms with E-state index in [9.17, 15) is 13.2 Å². The molecule has 2 rings (SSSR count). The zero-order chi connectivity index (χ0) is 19.9. The van der Waals surface area contributed by atoms with Crippen LogP contribution < -0.4 is 10.0 Å². The van der Waals surface area contributed by atoms with Gasteiger partial charge in [0.2, 0.25) is 15.9 Å². The first-order chi connectivity index (χ1) is 12.8. The molecule has 2 N–H and O–H groups in total. The van der Waals surface area contributed by atoms with Crippen molar-refractivity contribution in [1.29, 1.82) is 0 Å². The maximum Gasteiger partial charge on any atom is 0.240 e. The lowest BCUT2D eigenvalue weighted by Crippen LogP contribution is -2.26. The molecule has 0 aliphatic rings. The third kappa shape index (κ3) is 6.75. The van der Waals surface area contributed by atoms with E-state index in [1.54, 1.807) is 24.3 Å². The number of amides is 1. The largest absolute Gasteiger partial charge is 0.350 e. The number of hydrogen-bond donors (Lipinski definition) is 2. The maximum absolute atomic E-state index is 12.2. The van der Waals surface area contributed by atoms with Gasteiger partial charge in [-0.2, -0.15) is 0 Å². The molecule has 5 nitrogen and oxygen atoms in total. The Morgan fingerprint density at radius 2 is 1.85 bits per heavy atom. The second kappa shape index (κ2) is 10.0. The van der Waals surface area contributed by atoms with Crippen LogP contribution in [0.4, 0.5) is 0 Å². The molecule has 0 radical (unpaired) electrons. The molecule has 7 heteroatoms. The minimum absolute atomic E-state index is 0.0382. The van der Waals surface area contributed by atoms with Gasteiger partial charge in [-0.1, -0.05) is 47.1 Å². The fraction of sp³-hybridized carbons (Fsp3) is 0.350. The minimum Gasteiger partial charge on any atom is -0.350 e. The summed E-state index contributed by atoms with van der Waals surface area (Å²) in [6.45, 7) is 4.28. The van der Waals surface area contributed by atoms with E-state index < -0.39 is 10.0 Å². The molecule has 1 amide bonds. The van der Waals surface area contributed by atoms with Gasteiger partial charge in [0.05, 0.1) is 10.9 Å². The number of sulfonamides is 1. The number of hydrogen-bond acceptors (Lipinski definition) is 3. The quantitative estimate of drug-likeness (QED) is 0.604. The van der Waals surface area contributed by atoms with Crippen molar-refractivity contribution in [3.05, 3.63) is 64.1 Å². The summed E-state index contributed by atoms with van der Waals surface area (Å²) in [5.74, 6) is -0.0382. The molecule has 0 aliphatic heterocycles. The lowest BCUT2D eigenvalue weighted by Gasteiger charge is -2.14. The first-order valence-electron chi connectivity index (χ1n) is 8.95. The van der Waals surface area contributed by atoms with Crippen molar-refractivity contribution in [2.45, 2.75) is 44.0 Å². The second-order valence-corrected chi connectivity index (χ2v) is 9.07. The Morgan fingerprint density at radius 3 is 2.48 bits per heavy atom. The first-order valence-corrected chi connectivity index (χ1v) is 11.2. The monoisotopic (exact) mass is 452 g/mol. The predicted molar refractivity (Wildman–Crippen MR) is 111 cm³/mol. The summed E-state index contributed by atoms with van der Waals surface area (Å²) >= 11 is 3.43. The fourth-order valence-corrected chi connectivity index (χ4v) is 4.14. The van der Waals surface area contributed by atoms with E-state index in [4.69, 9.17) is 0 Å². The summed E-state index contributed by atoms with van der Waals surface area (Å²) in [5.41, 5.74) is 1.96. The fourth-order valence-electron chi connectivity index (χ4n) is 2.59. The van der Waals surface area contributed by atoms with Gasteiger partial charge in [-0.25, -0.2) is 13.1 Å². The summed E-state index contributed by atoms with van der Waals surface area (Å²) in [6.07, 6.45) is 1.64. The summed E-state index contributed by atoms with van der Waals surface area (Å²) in [6, 6.07) is 14.4. The number of rotatable bonds is 9. The van der Waals surface area contributed by atoms with Gasteiger partial charge in [0.15, 0.2) is 0 Å². The number of carbonyl (C=O) groups excluding carboxylic acids is 1. The van der Waals surface area contributed by atoms with Gasteiger partial charge in [0.1, 0.15) is 0 Å². The van der Waals surface area contributed by atoms with Gasteiger partial charge in [0, 0.05) is 17.4 Å². The molecule has 0 heterocycles. The molecule has 0 aliphatic carbocycles. The highest BCUT2D eigenvalue weighted by Gasteiger charge is 2.13. The van der Waals surface area contributed by atoms with Crippen LogP contribution in [-0.2, 0) is 21.2 Å².